The van der Waals surface area contributed by atoms with Crippen LogP contribution in [0.2, 0.25) is 0 Å². The van der Waals surface area contributed by atoms with E-state index in [1.54, 1.807) is 71.9 Å². The molecule has 1 aliphatic carbocycles. The quantitative estimate of drug-likeness (QED) is 0.131. The van der Waals surface area contributed by atoms with E-state index < -0.39 is 0 Å². The Balaban J connectivity index is 0.000000180. The first-order valence-electron chi connectivity index (χ1n) is 45.6. The van der Waals surface area contributed by atoms with Gasteiger partial charge >= 0.3 is 0 Å². The van der Waals surface area contributed by atoms with Gasteiger partial charge in [-0.05, 0) is 193 Å². The number of furan rings is 1. The zero-order valence-electron chi connectivity index (χ0n) is 76.0. The fraction of sp³-hybridized carbons (Fsp3) is 0.175. The van der Waals surface area contributed by atoms with Crippen molar-refractivity contribution in [1.29, 1.82) is 0 Å². The fourth-order valence-electron chi connectivity index (χ4n) is 14.3. The molecule has 2 saturated heterocycles. The molecule has 16 heteroatoms. The summed E-state index contributed by atoms with van der Waals surface area (Å²) in [5.74, 6) is 1.04. The predicted molar refractivity (Wildman–Crippen MR) is 579 cm³/mol. The van der Waals surface area contributed by atoms with E-state index >= 15 is 0 Å². The molecule has 0 spiro atoms. The fourth-order valence-corrected chi connectivity index (χ4v) is 14.9. The molecule has 1 saturated carbocycles. The third-order valence-corrected chi connectivity index (χ3v) is 22.0. The van der Waals surface area contributed by atoms with Gasteiger partial charge in [-0.2, -0.15) is 0 Å². The second kappa shape index (κ2) is 66.1. The molecule has 4 N–H and O–H groups in total. The van der Waals surface area contributed by atoms with E-state index in [2.05, 4.69) is 261 Å². The molecule has 15 nitrogen and oxygen atoms in total. The second-order valence-electron chi connectivity index (χ2n) is 30.7. The van der Waals surface area contributed by atoms with Crippen LogP contribution < -0.4 is 10.6 Å². The van der Waals surface area contributed by atoms with Crippen LogP contribution in [-0.2, 0) is 19.9 Å². The molecule has 13 aromatic carbocycles. The van der Waals surface area contributed by atoms with Crippen molar-refractivity contribution in [2.75, 3.05) is 19.6 Å². The molecular weight excluding hydrogens is 1690 g/mol. The first-order valence-corrected chi connectivity index (χ1v) is 46.5. The Morgan fingerprint density at radius 1 is 0.390 bits per heavy atom. The maximum atomic E-state index is 5.12. The first-order chi connectivity index (χ1) is 66.0. The number of hydrogen-bond donors (Lipinski definition) is 4. The number of hydrogen-bond acceptors (Lipinski definition) is 13. The van der Waals surface area contributed by atoms with Crippen molar-refractivity contribution in [3.8, 4) is 33.5 Å². The SMILES string of the molecule is C.C.C.C1=Nc2ccccc2C1.C1CCC2NCCCC2C1.C1CCNCC1.CCc1ccc(-c2ccccc2)cc1.Cn1cc(-c2ccccc2)nn1.c1c[nH]cn1.c1ccc(-c2ccccc2)cc1.c1ccc2[nH]ccc2c1.c1ccc2ccccc2c1.c1ccc2ncccc2c1.c1ccc2occc2c1.c1ccc2scnc2c1.c1ccccc1.c1ccncc1.c1cncnc1. The Hall–Kier alpha value is -15.3. The average molecular weight is 1820 g/mol. The molecule has 0 bridgehead atoms. The van der Waals surface area contributed by atoms with Gasteiger partial charge in [-0.25, -0.2) is 19.9 Å². The van der Waals surface area contributed by atoms with Crippen LogP contribution in [0.5, 0.6) is 0 Å². The van der Waals surface area contributed by atoms with Gasteiger partial charge in [0.2, 0.25) is 0 Å². The first kappa shape index (κ1) is 106. The van der Waals surface area contributed by atoms with Crippen LogP contribution in [0.3, 0.4) is 0 Å². The Labute approximate surface area is 810 Å². The van der Waals surface area contributed by atoms with Crippen molar-refractivity contribution < 1.29 is 4.42 Å². The summed E-state index contributed by atoms with van der Waals surface area (Å²) < 4.78 is 8.08. The predicted octanol–water partition coefficient (Wildman–Crippen LogP) is 30.9. The van der Waals surface area contributed by atoms with E-state index in [0.29, 0.717) is 0 Å². The van der Waals surface area contributed by atoms with E-state index in [0.717, 1.165) is 63.7 Å². The molecule has 21 aromatic rings. The van der Waals surface area contributed by atoms with Crippen molar-refractivity contribution in [1.82, 2.24) is 65.5 Å². The number of nitrogens with zero attached hydrogens (tertiary/aromatic N) is 10. The number of rotatable bonds is 4. The minimum Gasteiger partial charge on any atom is -0.464 e. The summed E-state index contributed by atoms with van der Waals surface area (Å²) in [5, 5.41) is 21.0. The highest BCUT2D eigenvalue weighted by molar-refractivity contribution is 7.16. The second-order valence-corrected chi connectivity index (χ2v) is 31.6. The van der Waals surface area contributed by atoms with Crippen molar-refractivity contribution in [2.45, 2.75) is 106 Å². The van der Waals surface area contributed by atoms with Crippen LogP contribution in [0.15, 0.2) is 490 Å². The maximum Gasteiger partial charge on any atom is 0.133 e. The lowest BCUT2D eigenvalue weighted by Crippen LogP contribution is -2.42. The monoisotopic (exact) mass is 1820 g/mol. The van der Waals surface area contributed by atoms with Crippen molar-refractivity contribution in [3.63, 3.8) is 0 Å². The lowest BCUT2D eigenvalue weighted by atomic mass is 9.80. The summed E-state index contributed by atoms with van der Waals surface area (Å²) in [4.78, 5) is 33.2. The van der Waals surface area contributed by atoms with E-state index in [9.17, 15) is 0 Å². The van der Waals surface area contributed by atoms with Crippen LogP contribution in [0.1, 0.15) is 98.1 Å². The van der Waals surface area contributed by atoms with Crippen LogP contribution in [0.4, 0.5) is 5.69 Å². The third kappa shape index (κ3) is 40.8. The number of aromatic amines is 2. The number of imidazole rings is 1. The van der Waals surface area contributed by atoms with Gasteiger partial charge in [0.05, 0.1) is 45.7 Å². The summed E-state index contributed by atoms with van der Waals surface area (Å²) in [7, 11) is 1.86. The lowest BCUT2D eigenvalue weighted by Gasteiger charge is -2.36. The van der Waals surface area contributed by atoms with Gasteiger partial charge in [-0.3, -0.25) is 19.6 Å². The van der Waals surface area contributed by atoms with Crippen molar-refractivity contribution >= 4 is 77.0 Å². The van der Waals surface area contributed by atoms with Gasteiger partial charge in [0, 0.05) is 97.2 Å². The van der Waals surface area contributed by atoms with Gasteiger partial charge in [0.1, 0.15) is 17.6 Å². The number of pyridine rings is 2. The number of H-pyrrole nitrogens is 2. The molecular formula is C120H132N14OS. The summed E-state index contributed by atoms with van der Waals surface area (Å²) in [6, 6.07) is 136. The molecule has 0 amide bonds. The highest BCUT2D eigenvalue weighted by Crippen LogP contribution is 2.31. The van der Waals surface area contributed by atoms with E-state index in [1.807, 2.05) is 244 Å². The lowest BCUT2D eigenvalue weighted by molar-refractivity contribution is 0.212. The molecule has 3 aliphatic heterocycles. The van der Waals surface area contributed by atoms with Gasteiger partial charge < -0.3 is 25.0 Å². The van der Waals surface area contributed by atoms with Gasteiger partial charge in [0.25, 0.3) is 0 Å². The number of benzene rings is 13. The molecule has 2 atom stereocenters. The molecule has 3 fully saturated rings. The van der Waals surface area contributed by atoms with Crippen LogP contribution in [-0.4, -0.2) is 86.8 Å². The number of fused-ring (bicyclic) bond motifs is 7. The number of para-hydroxylation sites is 5. The normalized spacial score (nSPS) is 12.6. The summed E-state index contributed by atoms with van der Waals surface area (Å²) in [6.45, 7) is 5.96. The number of aryl methyl sites for hydroxylation is 2. The molecule has 0 radical (unpaired) electrons. The van der Waals surface area contributed by atoms with Crippen molar-refractivity contribution in [2.24, 2.45) is 18.0 Å². The Bertz CT molecular complexity index is 5770. The smallest absolute Gasteiger partial charge is 0.133 e. The number of aliphatic imine (C=N–C) groups is 1. The summed E-state index contributed by atoms with van der Waals surface area (Å²) >= 11 is 1.68. The van der Waals surface area contributed by atoms with Gasteiger partial charge in [-0.1, -0.05) is 381 Å². The van der Waals surface area contributed by atoms with Crippen LogP contribution >= 0.6 is 11.3 Å². The minimum absolute atomic E-state index is 0. The third-order valence-electron chi connectivity index (χ3n) is 21.2. The average Bonchev–Trinajstić information content (AvgIpc) is 1.70. The number of nitrogens with one attached hydrogen (secondary N) is 4. The topological polar surface area (TPSA) is 189 Å². The van der Waals surface area contributed by atoms with Crippen LogP contribution in [0.25, 0.3) is 87.3 Å². The maximum absolute atomic E-state index is 5.12. The molecule has 2 unspecified atom stereocenters. The molecule has 694 valence electrons. The van der Waals surface area contributed by atoms with Gasteiger partial charge in [0.15, 0.2) is 0 Å². The summed E-state index contributed by atoms with van der Waals surface area (Å²) in [6.07, 6.45) is 37.9. The highest BCUT2D eigenvalue weighted by atomic mass is 32.1. The number of thiazole rings is 1. The van der Waals surface area contributed by atoms with E-state index in [4.69, 9.17) is 4.42 Å². The highest BCUT2D eigenvalue weighted by Gasteiger charge is 2.26. The Kier molecular flexibility index (Phi) is 51.5. The molecule has 4 aliphatic rings. The van der Waals surface area contributed by atoms with E-state index in [-0.39, 0.29) is 22.3 Å². The van der Waals surface area contributed by atoms with Crippen molar-refractivity contribution in [3.05, 3.63) is 492 Å². The molecule has 25 rings (SSSR count). The van der Waals surface area contributed by atoms with Crippen LogP contribution in [0, 0.1) is 5.92 Å². The number of piperidine rings is 2. The number of aromatic nitrogens is 11. The molecule has 11 heterocycles. The Morgan fingerprint density at radius 2 is 0.904 bits per heavy atom. The van der Waals surface area contributed by atoms with Gasteiger partial charge in [-0.15, -0.1) is 16.4 Å². The Morgan fingerprint density at radius 3 is 1.40 bits per heavy atom. The van der Waals surface area contributed by atoms with E-state index in [1.165, 1.54) is 149 Å². The summed E-state index contributed by atoms with van der Waals surface area (Å²) in [5.41, 5.74) is 17.2. The molecule has 8 aromatic heterocycles. The zero-order chi connectivity index (χ0) is 91.8. The zero-order valence-corrected chi connectivity index (χ0v) is 76.8. The molecule has 136 heavy (non-hydrogen) atoms. The standard InChI is InChI=1S/C14H14.C12H10.C10H8.C9H9N3.C9H17N.C9H7N.2C8H7N.C8H6O.C7H5NS.C6H6.C5H11N.C5H5N.C4H4N2.C3H4N2.3CH4/c1-2-12-8-10-14(11-9-12)13-6-4-3-5-7-13;1-3-7-11(8-4-1)12-9-5-2-6-10-12;1-2-6-10-8-4-3-7-9(10)5-1;1-12-7-9(10-11-12)8-5-3-2-4-6-8;2*1-2-6-9-8(4-1)5-3-7-10-9;3*1-2-4-8-7(3-1)5-6-9-8;1-2-4-7-6(3-1)8-5-9-7;3*1-2-4-6-5-3-1;1-2-5-4-6-3-1;1-2-5-3-4-1;;;/h3-11H,2H2,1H3;1-10H;1-8H;2-7H,1H3;8-10H,1-7H2;1-7H;1-4,6H,5H2;1-6,9H;1-6H;1-5H;1-6H;6H,1-5H2;1-5H;1-4H;1-3H,(H,4,5);3*1H4. The minimum atomic E-state index is 0. The largest absolute Gasteiger partial charge is 0.464 e.